The second kappa shape index (κ2) is 9.05. The molecule has 0 bridgehead atoms. The minimum absolute atomic E-state index is 0.0504. The highest BCUT2D eigenvalue weighted by molar-refractivity contribution is 6.30. The second-order valence-corrected chi connectivity index (χ2v) is 7.69. The van der Waals surface area contributed by atoms with Crippen molar-refractivity contribution in [3.63, 3.8) is 0 Å². The lowest BCUT2D eigenvalue weighted by Crippen LogP contribution is -2.44. The Kier molecular flexibility index (Phi) is 6.06. The highest BCUT2D eigenvalue weighted by Gasteiger charge is 2.28. The Hall–Kier alpha value is -2.92. The second-order valence-electron chi connectivity index (χ2n) is 7.25. The number of nitrogens with one attached hydrogen (secondary N) is 1. The van der Waals surface area contributed by atoms with E-state index < -0.39 is 0 Å². The third-order valence-electron chi connectivity index (χ3n) is 5.27. The zero-order chi connectivity index (χ0) is 20.1. The minimum atomic E-state index is -0.265. The lowest BCUT2D eigenvalue weighted by Gasteiger charge is -2.33. The van der Waals surface area contributed by atoms with E-state index in [0.717, 1.165) is 36.3 Å². The fourth-order valence-corrected chi connectivity index (χ4v) is 3.89. The Morgan fingerprint density at radius 3 is 2.66 bits per heavy atom. The highest BCUT2D eigenvalue weighted by atomic mass is 35.5. The number of carbonyl (C=O) groups excluding carboxylic acids is 1. The highest BCUT2D eigenvalue weighted by Crippen LogP contribution is 2.26. The molecule has 1 aliphatic heterocycles. The molecular formula is C23H23ClN4O. The summed E-state index contributed by atoms with van der Waals surface area (Å²) < 4.78 is 0. The lowest BCUT2D eigenvalue weighted by atomic mass is 9.94. The van der Waals surface area contributed by atoms with Crippen molar-refractivity contribution in [2.45, 2.75) is 18.9 Å². The molecule has 1 saturated heterocycles. The summed E-state index contributed by atoms with van der Waals surface area (Å²) in [6, 6.07) is 17.0. The number of rotatable bonds is 5. The van der Waals surface area contributed by atoms with Crippen LogP contribution in [0.2, 0.25) is 5.02 Å². The Morgan fingerprint density at radius 2 is 1.93 bits per heavy atom. The van der Waals surface area contributed by atoms with E-state index in [-0.39, 0.29) is 17.9 Å². The summed E-state index contributed by atoms with van der Waals surface area (Å²) in [5, 5.41) is 3.91. The van der Waals surface area contributed by atoms with Gasteiger partial charge in [0, 0.05) is 36.7 Å². The Morgan fingerprint density at radius 1 is 1.07 bits per heavy atom. The summed E-state index contributed by atoms with van der Waals surface area (Å²) in [6.07, 6.45) is 7.15. The molecule has 4 rings (SSSR count). The van der Waals surface area contributed by atoms with E-state index in [2.05, 4.69) is 20.2 Å². The van der Waals surface area contributed by atoms with Gasteiger partial charge in [0.05, 0.1) is 12.0 Å². The fourth-order valence-electron chi connectivity index (χ4n) is 3.76. The summed E-state index contributed by atoms with van der Waals surface area (Å²) >= 11 is 6.05. The number of nitrogens with zero attached hydrogens (tertiary/aromatic N) is 3. The van der Waals surface area contributed by atoms with Crippen molar-refractivity contribution in [2.75, 3.05) is 18.0 Å². The predicted octanol–water partition coefficient (Wildman–Crippen LogP) is 4.25. The van der Waals surface area contributed by atoms with Crippen LogP contribution in [0.15, 0.2) is 73.2 Å². The van der Waals surface area contributed by atoms with Crippen LogP contribution in [0, 0.1) is 5.92 Å². The number of piperidine rings is 1. The lowest BCUT2D eigenvalue weighted by molar-refractivity contribution is -0.125. The third-order valence-corrected chi connectivity index (χ3v) is 5.53. The number of carbonyl (C=O) groups is 1. The van der Waals surface area contributed by atoms with Crippen LogP contribution in [0.4, 0.5) is 5.82 Å². The number of aromatic nitrogens is 2. The van der Waals surface area contributed by atoms with E-state index in [1.54, 1.807) is 18.6 Å². The average molecular weight is 407 g/mol. The smallest absolute Gasteiger partial charge is 0.225 e. The van der Waals surface area contributed by atoms with Crippen LogP contribution in [-0.2, 0) is 4.79 Å². The number of pyridine rings is 2. The third kappa shape index (κ3) is 4.74. The predicted molar refractivity (Wildman–Crippen MR) is 115 cm³/mol. The molecule has 2 aromatic heterocycles. The Labute approximate surface area is 175 Å². The zero-order valence-corrected chi connectivity index (χ0v) is 16.8. The zero-order valence-electron chi connectivity index (χ0n) is 16.0. The van der Waals surface area contributed by atoms with Gasteiger partial charge in [0.25, 0.3) is 0 Å². The normalized spacial score (nSPS) is 17.6. The van der Waals surface area contributed by atoms with Crippen molar-refractivity contribution in [2.24, 2.45) is 5.92 Å². The van der Waals surface area contributed by atoms with Crippen molar-refractivity contribution in [3.8, 4) is 0 Å². The van der Waals surface area contributed by atoms with Gasteiger partial charge in [-0.05, 0) is 54.3 Å². The van der Waals surface area contributed by atoms with Crippen LogP contribution in [0.3, 0.4) is 0 Å². The van der Waals surface area contributed by atoms with Crippen molar-refractivity contribution in [3.05, 3.63) is 89.3 Å². The first kappa shape index (κ1) is 19.4. The van der Waals surface area contributed by atoms with Gasteiger partial charge in [-0.2, -0.15) is 0 Å². The SMILES string of the molecule is O=C(N[C@H](c1ccc(Cl)cc1)c1cccnc1)[C@@H]1CCCN(c2ccccn2)C1. The molecule has 5 nitrogen and oxygen atoms in total. The molecule has 3 heterocycles. The number of anilines is 1. The van der Waals surface area contributed by atoms with Gasteiger partial charge in [-0.25, -0.2) is 4.98 Å². The molecule has 29 heavy (non-hydrogen) atoms. The van der Waals surface area contributed by atoms with Crippen LogP contribution in [0.25, 0.3) is 0 Å². The van der Waals surface area contributed by atoms with Gasteiger partial charge in [0.1, 0.15) is 5.82 Å². The van der Waals surface area contributed by atoms with Gasteiger partial charge in [-0.1, -0.05) is 35.9 Å². The number of hydrogen-bond donors (Lipinski definition) is 1. The van der Waals surface area contributed by atoms with Crippen LogP contribution >= 0.6 is 11.6 Å². The molecule has 1 N–H and O–H groups in total. The molecule has 3 aromatic rings. The van der Waals surface area contributed by atoms with E-state index in [0.29, 0.717) is 11.6 Å². The van der Waals surface area contributed by atoms with Gasteiger partial charge < -0.3 is 10.2 Å². The van der Waals surface area contributed by atoms with Crippen LogP contribution in [0.5, 0.6) is 0 Å². The summed E-state index contributed by atoms with van der Waals surface area (Å²) in [4.78, 5) is 24.0. The van der Waals surface area contributed by atoms with Crippen LogP contribution in [-0.4, -0.2) is 29.0 Å². The van der Waals surface area contributed by atoms with Crippen LogP contribution < -0.4 is 10.2 Å². The van der Waals surface area contributed by atoms with E-state index >= 15 is 0 Å². The molecule has 1 amide bonds. The van der Waals surface area contributed by atoms with Gasteiger partial charge >= 0.3 is 0 Å². The summed E-state index contributed by atoms with van der Waals surface area (Å²) in [6.45, 7) is 1.59. The van der Waals surface area contributed by atoms with Gasteiger partial charge in [0.15, 0.2) is 0 Å². The Balaban J connectivity index is 1.52. The molecule has 148 valence electrons. The first-order valence-corrected chi connectivity index (χ1v) is 10.2. The van der Waals surface area contributed by atoms with Gasteiger partial charge in [-0.15, -0.1) is 0 Å². The standard InChI is InChI=1S/C23H23ClN4O/c24-20-10-8-17(9-11-20)22(18-5-3-12-25-15-18)27-23(29)19-6-4-14-28(16-19)21-7-1-2-13-26-21/h1-3,5,7-13,15,19,22H,4,6,14,16H2,(H,27,29)/t19-,22-/m1/s1. The van der Waals surface area contributed by atoms with E-state index in [1.807, 2.05) is 54.6 Å². The molecular weight excluding hydrogens is 384 g/mol. The number of amides is 1. The molecule has 0 unspecified atom stereocenters. The van der Waals surface area contributed by atoms with Crippen molar-refractivity contribution < 1.29 is 4.79 Å². The number of hydrogen-bond acceptors (Lipinski definition) is 4. The Bertz CT molecular complexity index is 934. The summed E-state index contributed by atoms with van der Waals surface area (Å²) in [5.41, 5.74) is 1.92. The van der Waals surface area contributed by atoms with E-state index in [1.165, 1.54) is 0 Å². The quantitative estimate of drug-likeness (QED) is 0.688. The molecule has 2 atom stereocenters. The van der Waals surface area contributed by atoms with E-state index in [9.17, 15) is 4.79 Å². The maximum absolute atomic E-state index is 13.2. The van der Waals surface area contributed by atoms with E-state index in [4.69, 9.17) is 11.6 Å². The molecule has 0 saturated carbocycles. The first-order chi connectivity index (χ1) is 14.2. The summed E-state index contributed by atoms with van der Waals surface area (Å²) in [5.74, 6) is 0.887. The molecule has 6 heteroatoms. The van der Waals surface area contributed by atoms with Crippen molar-refractivity contribution in [1.82, 2.24) is 15.3 Å². The number of halogens is 1. The van der Waals surface area contributed by atoms with Gasteiger partial charge in [-0.3, -0.25) is 9.78 Å². The van der Waals surface area contributed by atoms with Crippen molar-refractivity contribution in [1.29, 1.82) is 0 Å². The summed E-state index contributed by atoms with van der Waals surface area (Å²) in [7, 11) is 0. The van der Waals surface area contributed by atoms with Crippen LogP contribution in [0.1, 0.15) is 30.0 Å². The topological polar surface area (TPSA) is 58.1 Å². The number of benzene rings is 1. The largest absolute Gasteiger partial charge is 0.356 e. The van der Waals surface area contributed by atoms with Gasteiger partial charge in [0.2, 0.25) is 5.91 Å². The fraction of sp³-hybridized carbons (Fsp3) is 0.261. The maximum Gasteiger partial charge on any atom is 0.225 e. The average Bonchev–Trinajstić information content (AvgIpc) is 2.79. The molecule has 0 aliphatic carbocycles. The minimum Gasteiger partial charge on any atom is -0.356 e. The first-order valence-electron chi connectivity index (χ1n) is 9.82. The molecule has 0 radical (unpaired) electrons. The molecule has 1 aromatic carbocycles. The molecule has 1 fully saturated rings. The maximum atomic E-state index is 13.2. The monoisotopic (exact) mass is 406 g/mol. The molecule has 0 spiro atoms. The van der Waals surface area contributed by atoms with Crippen molar-refractivity contribution >= 4 is 23.3 Å². The molecule has 1 aliphatic rings.